The molecule has 1 aromatic carbocycles. The van der Waals surface area contributed by atoms with Gasteiger partial charge in [0.05, 0.1) is 17.5 Å². The van der Waals surface area contributed by atoms with Gasteiger partial charge in [-0.3, -0.25) is 10.1 Å². The molecule has 0 bridgehead atoms. The zero-order valence-corrected chi connectivity index (χ0v) is 15.2. The van der Waals surface area contributed by atoms with Crippen molar-refractivity contribution in [1.29, 1.82) is 5.41 Å². The highest BCUT2D eigenvalue weighted by Crippen LogP contribution is 2.25. The van der Waals surface area contributed by atoms with E-state index in [1.165, 1.54) is 19.3 Å². The Kier molecular flexibility index (Phi) is 4.97. The number of rotatable bonds is 5. The van der Waals surface area contributed by atoms with Crippen molar-refractivity contribution in [2.24, 2.45) is 7.05 Å². The summed E-state index contributed by atoms with van der Waals surface area (Å²) in [6.45, 7) is 6.02. The van der Waals surface area contributed by atoms with Crippen LogP contribution in [0.5, 0.6) is 5.75 Å². The van der Waals surface area contributed by atoms with Gasteiger partial charge in [0.15, 0.2) is 5.82 Å². The van der Waals surface area contributed by atoms with Gasteiger partial charge in [-0.1, -0.05) is 0 Å². The van der Waals surface area contributed by atoms with Crippen LogP contribution in [0.15, 0.2) is 24.3 Å². The average molecular weight is 343 g/mol. The maximum absolute atomic E-state index is 8.64. The van der Waals surface area contributed by atoms with Crippen LogP contribution in [0.2, 0.25) is 0 Å². The number of anilines is 2. The number of nitrogens with two attached hydrogens (primary N) is 1. The molecule has 2 heterocycles. The van der Waals surface area contributed by atoms with Crippen LogP contribution in [0.4, 0.5) is 11.5 Å². The molecule has 25 heavy (non-hydrogen) atoms. The minimum absolute atomic E-state index is 0. The van der Waals surface area contributed by atoms with Gasteiger partial charge in [0, 0.05) is 38.9 Å². The zero-order valence-electron chi connectivity index (χ0n) is 15.2. The van der Waals surface area contributed by atoms with Gasteiger partial charge in [0.2, 0.25) is 0 Å². The normalized spacial score (nSPS) is 14.8. The number of hydrogen-bond acceptors (Lipinski definition) is 5. The van der Waals surface area contributed by atoms with Gasteiger partial charge in [-0.25, -0.2) is 0 Å². The van der Waals surface area contributed by atoms with Crippen LogP contribution in [-0.2, 0) is 7.05 Å². The average Bonchev–Trinajstić information content (AvgIpc) is 2.98. The number of benzene rings is 1. The molecule has 0 unspecified atom stereocenters. The number of aromatic nitrogens is 2. The fourth-order valence-corrected chi connectivity index (χ4v) is 3.20. The molecule has 3 N–H and O–H groups in total. The van der Waals surface area contributed by atoms with Crippen molar-refractivity contribution in [2.45, 2.75) is 39.2 Å². The Morgan fingerprint density at radius 3 is 2.64 bits per heavy atom. The SMILES string of the molecule is CC(C)Oc1ccc(N)c(C(=N)c2cc(N3CCCCC3)nn2C)c1.[HH]. The summed E-state index contributed by atoms with van der Waals surface area (Å²) in [6, 6.07) is 7.46. The van der Waals surface area contributed by atoms with Gasteiger partial charge < -0.3 is 15.4 Å². The molecular weight excluding hydrogens is 314 g/mol. The van der Waals surface area contributed by atoms with Gasteiger partial charge in [-0.05, 0) is 51.3 Å². The van der Waals surface area contributed by atoms with E-state index in [2.05, 4.69) is 10.00 Å². The van der Waals surface area contributed by atoms with Crippen molar-refractivity contribution in [1.82, 2.24) is 9.78 Å². The van der Waals surface area contributed by atoms with Crippen molar-refractivity contribution >= 4 is 17.2 Å². The summed E-state index contributed by atoms with van der Waals surface area (Å²) in [5.41, 5.74) is 8.49. The Morgan fingerprint density at radius 1 is 1.24 bits per heavy atom. The predicted molar refractivity (Wildman–Crippen MR) is 104 cm³/mol. The molecule has 1 aliphatic heterocycles. The molecule has 0 amide bonds. The van der Waals surface area contributed by atoms with Crippen molar-refractivity contribution in [3.8, 4) is 5.75 Å². The van der Waals surface area contributed by atoms with Crippen molar-refractivity contribution in [3.63, 3.8) is 0 Å². The molecule has 1 aliphatic rings. The fourth-order valence-electron chi connectivity index (χ4n) is 3.20. The Hall–Kier alpha value is -2.50. The van der Waals surface area contributed by atoms with Gasteiger partial charge in [-0.2, -0.15) is 5.10 Å². The van der Waals surface area contributed by atoms with Gasteiger partial charge in [0.1, 0.15) is 5.75 Å². The summed E-state index contributed by atoms with van der Waals surface area (Å²) in [7, 11) is 1.88. The standard InChI is InChI=1S/C19H27N5O.H2/c1-13(2)25-14-7-8-16(20)15(11-14)19(21)17-12-18(22-23(17)3)24-9-5-4-6-10-24;/h7-8,11-13,21H,4-6,9-10,20H2,1-3H3;1H. The highest BCUT2D eigenvalue weighted by Gasteiger charge is 2.19. The summed E-state index contributed by atoms with van der Waals surface area (Å²) in [5, 5.41) is 13.3. The monoisotopic (exact) mass is 343 g/mol. The third-order valence-electron chi connectivity index (χ3n) is 4.47. The van der Waals surface area contributed by atoms with Crippen molar-refractivity contribution in [3.05, 3.63) is 35.5 Å². The Balaban J connectivity index is 0.00000243. The van der Waals surface area contributed by atoms with Crippen LogP contribution < -0.4 is 15.4 Å². The maximum Gasteiger partial charge on any atom is 0.151 e. The molecular formula is C19H29N5O. The first-order valence-corrected chi connectivity index (χ1v) is 8.90. The van der Waals surface area contributed by atoms with Crippen LogP contribution in [0.1, 0.15) is 45.8 Å². The molecule has 1 saturated heterocycles. The van der Waals surface area contributed by atoms with Crippen LogP contribution in [0, 0.1) is 5.41 Å². The molecule has 6 nitrogen and oxygen atoms in total. The third-order valence-corrected chi connectivity index (χ3v) is 4.47. The number of nitrogens with one attached hydrogen (secondary N) is 1. The van der Waals surface area contributed by atoms with E-state index in [0.29, 0.717) is 17.0 Å². The first kappa shape index (κ1) is 17.3. The van der Waals surface area contributed by atoms with Crippen molar-refractivity contribution < 1.29 is 6.16 Å². The summed E-state index contributed by atoms with van der Waals surface area (Å²) < 4.78 is 7.51. The lowest BCUT2D eigenvalue weighted by molar-refractivity contribution is 0.242. The fraction of sp³-hybridized carbons (Fsp3) is 0.474. The summed E-state index contributed by atoms with van der Waals surface area (Å²) in [4.78, 5) is 2.29. The first-order valence-electron chi connectivity index (χ1n) is 8.90. The highest BCUT2D eigenvalue weighted by molar-refractivity contribution is 6.13. The molecule has 0 atom stereocenters. The maximum atomic E-state index is 8.64. The van der Waals surface area contributed by atoms with Gasteiger partial charge in [-0.15, -0.1) is 0 Å². The van der Waals surface area contributed by atoms with Crippen LogP contribution >= 0.6 is 0 Å². The lowest BCUT2D eigenvalue weighted by Crippen LogP contribution is -2.29. The minimum atomic E-state index is 0. The zero-order chi connectivity index (χ0) is 18.0. The molecule has 0 aliphatic carbocycles. The molecule has 136 valence electrons. The van der Waals surface area contributed by atoms with E-state index in [-0.39, 0.29) is 7.53 Å². The third kappa shape index (κ3) is 3.78. The van der Waals surface area contributed by atoms with E-state index in [1.807, 2.05) is 39.1 Å². The number of ether oxygens (including phenoxy) is 1. The van der Waals surface area contributed by atoms with Gasteiger partial charge in [0.25, 0.3) is 0 Å². The lowest BCUT2D eigenvalue weighted by atomic mass is 10.0. The number of aryl methyl sites for hydroxylation is 1. The van der Waals surface area contributed by atoms with Crippen LogP contribution in [-0.4, -0.2) is 34.7 Å². The van der Waals surface area contributed by atoms with Crippen LogP contribution in [0.25, 0.3) is 0 Å². The van der Waals surface area contributed by atoms with Gasteiger partial charge >= 0.3 is 0 Å². The van der Waals surface area contributed by atoms with E-state index >= 15 is 0 Å². The van der Waals surface area contributed by atoms with E-state index in [9.17, 15) is 0 Å². The Labute approximate surface area is 150 Å². The quantitative estimate of drug-likeness (QED) is 0.644. The molecule has 3 rings (SSSR count). The predicted octanol–water partition coefficient (Wildman–Crippen LogP) is 3.44. The highest BCUT2D eigenvalue weighted by atomic mass is 16.5. The second-order valence-electron chi connectivity index (χ2n) is 6.85. The van der Waals surface area contributed by atoms with E-state index < -0.39 is 0 Å². The molecule has 6 heteroatoms. The van der Waals surface area contributed by atoms with Crippen molar-refractivity contribution in [2.75, 3.05) is 23.7 Å². The molecule has 2 aromatic rings. The van der Waals surface area contributed by atoms with E-state index in [0.717, 1.165) is 30.4 Å². The van der Waals surface area contributed by atoms with E-state index in [4.69, 9.17) is 15.9 Å². The Morgan fingerprint density at radius 2 is 1.96 bits per heavy atom. The molecule has 1 fully saturated rings. The second-order valence-corrected chi connectivity index (χ2v) is 6.85. The number of piperidine rings is 1. The number of nitrogen functional groups attached to an aromatic ring is 1. The summed E-state index contributed by atoms with van der Waals surface area (Å²) in [5.74, 6) is 1.66. The smallest absolute Gasteiger partial charge is 0.151 e. The molecule has 0 radical (unpaired) electrons. The summed E-state index contributed by atoms with van der Waals surface area (Å²) in [6.07, 6.45) is 3.76. The second kappa shape index (κ2) is 7.17. The summed E-state index contributed by atoms with van der Waals surface area (Å²) >= 11 is 0. The molecule has 0 spiro atoms. The number of nitrogens with zero attached hydrogens (tertiary/aromatic N) is 3. The topological polar surface area (TPSA) is 80.2 Å². The molecule has 1 aromatic heterocycles. The van der Waals surface area contributed by atoms with E-state index in [1.54, 1.807) is 10.7 Å². The first-order chi connectivity index (χ1) is 12.0. The Bertz CT molecular complexity index is 765. The van der Waals surface area contributed by atoms with Crippen LogP contribution in [0.3, 0.4) is 0 Å². The largest absolute Gasteiger partial charge is 0.491 e. The minimum Gasteiger partial charge on any atom is -0.491 e. The number of hydrogen-bond donors (Lipinski definition) is 2. The molecule has 0 saturated carbocycles. The lowest BCUT2D eigenvalue weighted by Gasteiger charge is -2.26.